The normalized spacial score (nSPS) is 18.0. The van der Waals surface area contributed by atoms with E-state index >= 15 is 0 Å². The summed E-state index contributed by atoms with van der Waals surface area (Å²) in [6, 6.07) is 13.5. The molecule has 0 aliphatic heterocycles. The van der Waals surface area contributed by atoms with Gasteiger partial charge in [0.05, 0.1) is 5.56 Å². The summed E-state index contributed by atoms with van der Waals surface area (Å²) in [6.07, 6.45) is 7.78. The number of carboxylic acids is 2. The monoisotopic (exact) mass is 446 g/mol. The zero-order valence-corrected chi connectivity index (χ0v) is 20.2. The van der Waals surface area contributed by atoms with Crippen LogP contribution < -0.4 is 0 Å². The van der Waals surface area contributed by atoms with Crippen LogP contribution in [0.1, 0.15) is 92.4 Å². The molecule has 3 rings (SSSR count). The van der Waals surface area contributed by atoms with Gasteiger partial charge >= 0.3 is 11.9 Å². The van der Waals surface area contributed by atoms with Crippen LogP contribution >= 0.6 is 0 Å². The molecule has 33 heavy (non-hydrogen) atoms. The number of aliphatic carboxylic acids is 1. The molecule has 4 heteroatoms. The highest BCUT2D eigenvalue weighted by atomic mass is 16.4. The molecule has 0 saturated heterocycles. The summed E-state index contributed by atoms with van der Waals surface area (Å²) in [5.74, 6) is -2.25. The first-order valence-corrected chi connectivity index (χ1v) is 11.5. The topological polar surface area (TPSA) is 74.6 Å². The highest BCUT2D eigenvalue weighted by molar-refractivity contribution is 5.87. The Morgan fingerprint density at radius 3 is 2.24 bits per heavy atom. The third-order valence-electron chi connectivity index (χ3n) is 7.02. The summed E-state index contributed by atoms with van der Waals surface area (Å²) in [4.78, 5) is 22.5. The first-order chi connectivity index (χ1) is 15.4. The maximum atomic E-state index is 11.4. The zero-order valence-electron chi connectivity index (χ0n) is 20.2. The van der Waals surface area contributed by atoms with Gasteiger partial charge < -0.3 is 10.2 Å². The quantitative estimate of drug-likeness (QED) is 0.451. The Morgan fingerprint density at radius 2 is 1.61 bits per heavy atom. The van der Waals surface area contributed by atoms with Crippen molar-refractivity contribution in [2.45, 2.75) is 70.6 Å². The van der Waals surface area contributed by atoms with Gasteiger partial charge in [-0.25, -0.2) is 9.59 Å². The molecule has 0 aromatic heterocycles. The van der Waals surface area contributed by atoms with Crippen LogP contribution in [0.4, 0.5) is 0 Å². The second-order valence-electron chi connectivity index (χ2n) is 10.4. The molecule has 2 N–H and O–H groups in total. The fraction of sp³-hybridized carbons (Fsp3) is 0.379. The van der Waals surface area contributed by atoms with E-state index in [1.165, 1.54) is 23.1 Å². The van der Waals surface area contributed by atoms with Crippen molar-refractivity contribution in [3.05, 3.63) is 88.5 Å². The van der Waals surface area contributed by atoms with E-state index in [2.05, 4.69) is 58.9 Å². The summed E-state index contributed by atoms with van der Waals surface area (Å²) >= 11 is 0. The van der Waals surface area contributed by atoms with Crippen molar-refractivity contribution in [1.29, 1.82) is 0 Å². The van der Waals surface area contributed by atoms with Gasteiger partial charge in [0.1, 0.15) is 0 Å². The van der Waals surface area contributed by atoms with Gasteiger partial charge in [-0.3, -0.25) is 0 Å². The van der Waals surface area contributed by atoms with Crippen molar-refractivity contribution in [3.8, 4) is 0 Å². The Hall–Kier alpha value is -3.14. The molecule has 1 atom stereocenters. The van der Waals surface area contributed by atoms with E-state index in [9.17, 15) is 14.7 Å². The van der Waals surface area contributed by atoms with Crippen LogP contribution in [0.15, 0.2) is 60.7 Å². The Morgan fingerprint density at radius 1 is 0.939 bits per heavy atom. The number of hydrogen-bond acceptors (Lipinski definition) is 2. The third kappa shape index (κ3) is 5.62. The van der Waals surface area contributed by atoms with E-state index in [4.69, 9.17) is 5.11 Å². The van der Waals surface area contributed by atoms with Crippen molar-refractivity contribution in [3.63, 3.8) is 0 Å². The number of rotatable bonds is 7. The van der Waals surface area contributed by atoms with Crippen LogP contribution in [0.3, 0.4) is 0 Å². The first kappa shape index (κ1) is 24.5. The van der Waals surface area contributed by atoms with Gasteiger partial charge in [-0.15, -0.1) is 0 Å². The third-order valence-corrected chi connectivity index (χ3v) is 7.02. The Balaban J connectivity index is 1.93. The van der Waals surface area contributed by atoms with Gasteiger partial charge in [-0.2, -0.15) is 0 Å². The van der Waals surface area contributed by atoms with Crippen molar-refractivity contribution in [2.75, 3.05) is 0 Å². The molecule has 0 saturated carbocycles. The number of benzene rings is 2. The number of allylic oxidation sites excluding steroid dienone is 3. The minimum absolute atomic E-state index is 0.130. The number of carbonyl (C=O) groups is 2. The maximum absolute atomic E-state index is 11.4. The first-order valence-electron chi connectivity index (χ1n) is 11.5. The van der Waals surface area contributed by atoms with E-state index < -0.39 is 11.9 Å². The molecule has 0 heterocycles. The molecule has 2 aromatic carbocycles. The number of carboxylic acid groups (broad SMARTS) is 2. The Kier molecular flexibility index (Phi) is 6.97. The largest absolute Gasteiger partial charge is 0.478 e. The Bertz CT molecular complexity index is 1120. The number of fused-ring (bicyclic) bond motifs is 1. The van der Waals surface area contributed by atoms with Crippen LogP contribution in [0.2, 0.25) is 0 Å². The van der Waals surface area contributed by atoms with Gasteiger partial charge in [0.25, 0.3) is 0 Å². The predicted octanol–water partition coefficient (Wildman–Crippen LogP) is 6.95. The number of hydrogen-bond donors (Lipinski definition) is 2. The van der Waals surface area contributed by atoms with Gasteiger partial charge in [-0.1, -0.05) is 70.2 Å². The maximum Gasteiger partial charge on any atom is 0.335 e. The van der Waals surface area contributed by atoms with E-state index in [1.807, 2.05) is 6.07 Å². The second-order valence-corrected chi connectivity index (χ2v) is 10.4. The van der Waals surface area contributed by atoms with E-state index in [0.29, 0.717) is 6.42 Å². The molecule has 0 radical (unpaired) electrons. The molecule has 1 aliphatic rings. The van der Waals surface area contributed by atoms with Gasteiger partial charge in [0, 0.05) is 12.0 Å². The highest BCUT2D eigenvalue weighted by Gasteiger charge is 2.36. The molecule has 2 aromatic rings. The second kappa shape index (κ2) is 9.38. The van der Waals surface area contributed by atoms with Crippen LogP contribution in [0.5, 0.6) is 0 Å². The lowest BCUT2D eigenvalue weighted by Gasteiger charge is -2.42. The van der Waals surface area contributed by atoms with E-state index in [1.54, 1.807) is 24.3 Å². The summed E-state index contributed by atoms with van der Waals surface area (Å²) in [6.45, 7) is 11.3. The predicted molar refractivity (Wildman–Crippen MR) is 133 cm³/mol. The van der Waals surface area contributed by atoms with Crippen molar-refractivity contribution in [2.24, 2.45) is 0 Å². The van der Waals surface area contributed by atoms with Crippen LogP contribution in [-0.2, 0) is 15.6 Å². The average Bonchev–Trinajstić information content (AvgIpc) is 2.76. The minimum Gasteiger partial charge on any atom is -0.478 e. The van der Waals surface area contributed by atoms with Gasteiger partial charge in [-0.05, 0) is 77.0 Å². The molecule has 0 bridgehead atoms. The lowest BCUT2D eigenvalue weighted by molar-refractivity contribution is -0.131. The fourth-order valence-electron chi connectivity index (χ4n) is 4.68. The molecule has 1 unspecified atom stereocenters. The average molecular weight is 447 g/mol. The molecular formula is C29H34O4. The zero-order chi connectivity index (χ0) is 24.4. The molecule has 174 valence electrons. The summed E-state index contributed by atoms with van der Waals surface area (Å²) in [7, 11) is 0. The van der Waals surface area contributed by atoms with Gasteiger partial charge in [0.15, 0.2) is 0 Å². The lowest BCUT2D eigenvalue weighted by atomic mass is 9.63. The molecule has 0 spiro atoms. The Labute approximate surface area is 196 Å². The molecule has 4 nitrogen and oxygen atoms in total. The van der Waals surface area contributed by atoms with Crippen molar-refractivity contribution >= 4 is 17.5 Å². The van der Waals surface area contributed by atoms with Crippen molar-refractivity contribution in [1.82, 2.24) is 0 Å². The summed E-state index contributed by atoms with van der Waals surface area (Å²) in [5, 5.41) is 18.4. The summed E-state index contributed by atoms with van der Waals surface area (Å²) in [5.41, 5.74) is 6.39. The van der Waals surface area contributed by atoms with Crippen LogP contribution in [0, 0.1) is 0 Å². The fourth-order valence-corrected chi connectivity index (χ4v) is 4.68. The number of aromatic carboxylic acids is 1. The van der Waals surface area contributed by atoms with E-state index in [0.717, 1.165) is 23.6 Å². The van der Waals surface area contributed by atoms with E-state index in [-0.39, 0.29) is 22.3 Å². The molecule has 1 aliphatic carbocycles. The van der Waals surface area contributed by atoms with Crippen molar-refractivity contribution < 1.29 is 19.8 Å². The van der Waals surface area contributed by atoms with Crippen LogP contribution in [-0.4, -0.2) is 22.2 Å². The highest BCUT2D eigenvalue weighted by Crippen LogP contribution is 2.46. The SMILES string of the molecule is C/C(=C\CC(/C=C/C(=O)O)c1cccc(C(=O)O)c1)c1ccc2c(c1)C(C)(C)CCC2(C)C. The standard InChI is InChI=1S/C29H34O4/c1-19(21-11-13-24-25(18-21)29(4,5)16-15-28(24,2)3)9-10-20(12-14-26(30)31)22-7-6-8-23(17-22)27(32)33/h6-9,11-14,17-18,20H,10,15-16H2,1-5H3,(H,30,31)(H,32,33)/b14-12+,19-9+. The molecular weight excluding hydrogens is 412 g/mol. The lowest BCUT2D eigenvalue weighted by Crippen LogP contribution is -2.33. The van der Waals surface area contributed by atoms with Gasteiger partial charge in [0.2, 0.25) is 0 Å². The van der Waals surface area contributed by atoms with Crippen LogP contribution in [0.25, 0.3) is 5.57 Å². The minimum atomic E-state index is -1.02. The molecule has 0 amide bonds. The summed E-state index contributed by atoms with van der Waals surface area (Å²) < 4.78 is 0. The molecule has 0 fully saturated rings. The smallest absolute Gasteiger partial charge is 0.335 e.